The Morgan fingerprint density at radius 3 is 2.89 bits per heavy atom. The van der Waals surface area contributed by atoms with Gasteiger partial charge in [0.2, 0.25) is 0 Å². The molecule has 3 rings (SSSR count). The van der Waals surface area contributed by atoms with Crippen molar-refractivity contribution >= 4 is 5.96 Å². The van der Waals surface area contributed by atoms with E-state index >= 15 is 0 Å². The van der Waals surface area contributed by atoms with Gasteiger partial charge in [0.05, 0.1) is 19.0 Å². The van der Waals surface area contributed by atoms with Crippen LogP contribution in [0.3, 0.4) is 0 Å². The second kappa shape index (κ2) is 9.08. The van der Waals surface area contributed by atoms with Crippen LogP contribution in [0.1, 0.15) is 50.4 Å². The number of aryl methyl sites for hydroxylation is 1. The molecule has 3 N–H and O–H groups in total. The van der Waals surface area contributed by atoms with Gasteiger partial charge in [-0.25, -0.2) is 4.99 Å². The Hall–Kier alpha value is -2.28. The zero-order chi connectivity index (χ0) is 19.1. The number of aromatic nitrogens is 2. The first-order chi connectivity index (χ1) is 13.0. The van der Waals surface area contributed by atoms with Crippen molar-refractivity contribution in [3.8, 4) is 0 Å². The molecule has 0 saturated heterocycles. The number of hydrogen-bond acceptors (Lipinski definition) is 4. The zero-order valence-electron chi connectivity index (χ0n) is 16.3. The van der Waals surface area contributed by atoms with E-state index in [-0.39, 0.29) is 6.54 Å². The summed E-state index contributed by atoms with van der Waals surface area (Å²) in [6, 6.07) is 4.31. The Kier molecular flexibility index (Phi) is 6.55. The van der Waals surface area contributed by atoms with Crippen molar-refractivity contribution in [1.82, 2.24) is 20.4 Å². The monoisotopic (exact) mass is 373 g/mol. The fraction of sp³-hybridized carbons (Fsp3) is 0.600. The van der Waals surface area contributed by atoms with E-state index < -0.39 is 5.60 Å². The fourth-order valence-electron chi connectivity index (χ4n) is 3.38. The molecule has 7 heteroatoms. The molecule has 0 spiro atoms. The lowest BCUT2D eigenvalue weighted by molar-refractivity contribution is 0.0671. The van der Waals surface area contributed by atoms with Gasteiger partial charge in [0.15, 0.2) is 5.96 Å². The van der Waals surface area contributed by atoms with E-state index in [4.69, 9.17) is 4.42 Å². The molecule has 148 valence electrons. The van der Waals surface area contributed by atoms with Crippen LogP contribution in [0.2, 0.25) is 0 Å². The summed E-state index contributed by atoms with van der Waals surface area (Å²) in [5.74, 6) is 1.69. The lowest BCUT2D eigenvalue weighted by Crippen LogP contribution is -2.45. The first-order valence-electron chi connectivity index (χ1n) is 9.82. The van der Waals surface area contributed by atoms with Gasteiger partial charge in [-0.15, -0.1) is 0 Å². The van der Waals surface area contributed by atoms with Crippen LogP contribution in [-0.2, 0) is 19.1 Å². The molecule has 0 bridgehead atoms. The smallest absolute Gasteiger partial charge is 0.191 e. The quantitative estimate of drug-likeness (QED) is 0.512. The van der Waals surface area contributed by atoms with Gasteiger partial charge in [-0.3, -0.25) is 4.68 Å². The Labute approximate surface area is 160 Å². The van der Waals surface area contributed by atoms with Gasteiger partial charge in [-0.05, 0) is 31.9 Å². The van der Waals surface area contributed by atoms with E-state index in [1.165, 1.54) is 19.3 Å². The second-order valence-electron chi connectivity index (χ2n) is 7.58. The zero-order valence-corrected chi connectivity index (χ0v) is 16.3. The third-order valence-electron chi connectivity index (χ3n) is 5.06. The van der Waals surface area contributed by atoms with Gasteiger partial charge < -0.3 is 20.2 Å². The van der Waals surface area contributed by atoms with Crippen molar-refractivity contribution in [2.75, 3.05) is 13.1 Å². The minimum atomic E-state index is -1.06. The number of aliphatic imine (C=N–C) groups is 1. The topological polar surface area (TPSA) is 87.6 Å². The molecule has 1 aliphatic rings. The minimum absolute atomic E-state index is 0.265. The summed E-state index contributed by atoms with van der Waals surface area (Å²) in [4.78, 5) is 4.67. The molecule has 0 radical (unpaired) electrons. The standard InChI is InChI=1S/C20H31N5O2/c1-20(26,16-13-23-25(2)14-16)15-22-19(24-17-7-4-3-5-8-17)21-11-10-18-9-6-12-27-18/h6,9,12-14,17,26H,3-5,7-8,10-11,15H2,1-2H3,(H2,21,22,24). The average Bonchev–Trinajstić information content (AvgIpc) is 3.32. The maximum Gasteiger partial charge on any atom is 0.191 e. The molecule has 1 saturated carbocycles. The molecule has 1 unspecified atom stereocenters. The molecule has 1 atom stereocenters. The summed E-state index contributed by atoms with van der Waals surface area (Å²) in [6.07, 6.45) is 12.1. The average molecular weight is 374 g/mol. The van der Waals surface area contributed by atoms with E-state index in [1.54, 1.807) is 24.1 Å². The van der Waals surface area contributed by atoms with Crippen LogP contribution in [0.4, 0.5) is 0 Å². The van der Waals surface area contributed by atoms with Crippen molar-refractivity contribution in [2.45, 2.75) is 57.1 Å². The molecular formula is C20H31N5O2. The summed E-state index contributed by atoms with van der Waals surface area (Å²) in [6.45, 7) is 2.76. The van der Waals surface area contributed by atoms with Gasteiger partial charge in [0, 0.05) is 37.8 Å². The number of nitrogens with zero attached hydrogens (tertiary/aromatic N) is 3. The largest absolute Gasteiger partial charge is 0.469 e. The lowest BCUT2D eigenvalue weighted by Gasteiger charge is -2.26. The molecule has 2 heterocycles. The van der Waals surface area contributed by atoms with Crippen molar-refractivity contribution in [1.29, 1.82) is 0 Å². The molecule has 0 amide bonds. The molecular weight excluding hydrogens is 342 g/mol. The highest BCUT2D eigenvalue weighted by molar-refractivity contribution is 5.80. The highest BCUT2D eigenvalue weighted by Crippen LogP contribution is 2.20. The van der Waals surface area contributed by atoms with Crippen LogP contribution < -0.4 is 10.6 Å². The first kappa shape index (κ1) is 19.5. The predicted octanol–water partition coefficient (Wildman–Crippen LogP) is 2.33. The molecule has 27 heavy (non-hydrogen) atoms. The first-order valence-corrected chi connectivity index (χ1v) is 9.82. The van der Waals surface area contributed by atoms with E-state index in [0.717, 1.165) is 43.1 Å². The number of nitrogens with one attached hydrogen (secondary N) is 2. The van der Waals surface area contributed by atoms with Gasteiger partial charge >= 0.3 is 0 Å². The van der Waals surface area contributed by atoms with E-state index in [2.05, 4.69) is 20.7 Å². The van der Waals surface area contributed by atoms with E-state index in [0.29, 0.717) is 6.04 Å². The van der Waals surface area contributed by atoms with Crippen LogP contribution >= 0.6 is 0 Å². The summed E-state index contributed by atoms with van der Waals surface area (Å²) in [7, 11) is 1.84. The van der Waals surface area contributed by atoms with E-state index in [9.17, 15) is 5.11 Å². The Balaban J connectivity index is 1.62. The minimum Gasteiger partial charge on any atom is -0.469 e. The normalized spacial score (nSPS) is 18.3. The van der Waals surface area contributed by atoms with Crippen LogP contribution in [0.15, 0.2) is 40.2 Å². The molecule has 7 nitrogen and oxygen atoms in total. The van der Waals surface area contributed by atoms with Gasteiger partial charge in [0.25, 0.3) is 0 Å². The Morgan fingerprint density at radius 1 is 1.41 bits per heavy atom. The van der Waals surface area contributed by atoms with Gasteiger partial charge in [0.1, 0.15) is 11.4 Å². The number of aliphatic hydroxyl groups is 1. The highest BCUT2D eigenvalue weighted by atomic mass is 16.3. The molecule has 0 aliphatic heterocycles. The van der Waals surface area contributed by atoms with Crippen LogP contribution in [-0.4, -0.2) is 40.0 Å². The summed E-state index contributed by atoms with van der Waals surface area (Å²) in [5, 5.41) is 21.9. The Morgan fingerprint density at radius 2 is 2.22 bits per heavy atom. The maximum atomic E-state index is 10.8. The second-order valence-corrected chi connectivity index (χ2v) is 7.58. The van der Waals surface area contributed by atoms with Crippen molar-refractivity contribution in [2.24, 2.45) is 12.0 Å². The van der Waals surface area contributed by atoms with Crippen LogP contribution in [0.25, 0.3) is 0 Å². The number of guanidine groups is 1. The molecule has 1 aliphatic carbocycles. The maximum absolute atomic E-state index is 10.8. The molecule has 0 aromatic carbocycles. The molecule has 2 aromatic rings. The summed E-state index contributed by atoms with van der Waals surface area (Å²) in [5.41, 5.74) is -0.294. The third kappa shape index (κ3) is 5.85. The SMILES string of the molecule is Cn1cc(C(C)(O)CN=C(NCCc2ccco2)NC2CCCCC2)cn1. The third-order valence-corrected chi connectivity index (χ3v) is 5.06. The van der Waals surface area contributed by atoms with Crippen LogP contribution in [0, 0.1) is 0 Å². The Bertz CT molecular complexity index is 715. The number of furan rings is 1. The van der Waals surface area contributed by atoms with Gasteiger partial charge in [-0.1, -0.05) is 19.3 Å². The van der Waals surface area contributed by atoms with Crippen molar-refractivity contribution in [3.05, 3.63) is 42.1 Å². The van der Waals surface area contributed by atoms with Crippen molar-refractivity contribution < 1.29 is 9.52 Å². The predicted molar refractivity (Wildman–Crippen MR) is 106 cm³/mol. The van der Waals surface area contributed by atoms with Gasteiger partial charge in [-0.2, -0.15) is 5.10 Å². The van der Waals surface area contributed by atoms with E-state index in [1.807, 2.05) is 25.4 Å². The molecule has 2 aromatic heterocycles. The summed E-state index contributed by atoms with van der Waals surface area (Å²) >= 11 is 0. The lowest BCUT2D eigenvalue weighted by atomic mass is 9.96. The highest BCUT2D eigenvalue weighted by Gasteiger charge is 2.25. The summed E-state index contributed by atoms with van der Waals surface area (Å²) < 4.78 is 7.08. The molecule has 1 fully saturated rings. The fourth-order valence-corrected chi connectivity index (χ4v) is 3.38. The van der Waals surface area contributed by atoms with Crippen molar-refractivity contribution in [3.63, 3.8) is 0 Å². The number of rotatable bonds is 7. The number of hydrogen-bond donors (Lipinski definition) is 3. The van der Waals surface area contributed by atoms with Crippen LogP contribution in [0.5, 0.6) is 0 Å².